The third kappa shape index (κ3) is 13.0. The monoisotopic (exact) mass is 736 g/mol. The van der Waals surface area contributed by atoms with Crippen LogP contribution in [0, 0.1) is 0 Å². The van der Waals surface area contributed by atoms with E-state index in [-0.39, 0.29) is 23.1 Å². The van der Waals surface area contributed by atoms with Gasteiger partial charge in [-0.3, -0.25) is 10.6 Å². The molecule has 4 N–H and O–H groups in total. The Morgan fingerprint density at radius 1 is 0.758 bits per heavy atom. The fourth-order valence-corrected chi connectivity index (χ4v) is 4.69. The molecule has 0 saturated heterocycles. The molecular formula is C18H22I2MgN2O8S2+4. The summed E-state index contributed by atoms with van der Waals surface area (Å²) in [5, 5.41) is 4.97. The minimum atomic E-state index is -2.98. The molecule has 2 aromatic rings. The van der Waals surface area contributed by atoms with Gasteiger partial charge in [-0.25, -0.2) is 18.0 Å². The van der Waals surface area contributed by atoms with Crippen LogP contribution in [0.2, 0.25) is 0 Å². The van der Waals surface area contributed by atoms with Crippen LogP contribution in [0.25, 0.3) is 0 Å². The number of amides is 2. The standard InChI is InChI=1S/2C9H10INO4S.Mg/c2*1-2-15-9(12)11-7-3-5-8(6-4-7)16(10,13)14;/h2*3-6H,2H2,1H3,(H,11,12);/q;;+2/p+2. The zero-order chi connectivity index (χ0) is 24.4. The summed E-state index contributed by atoms with van der Waals surface area (Å²) in [6.45, 7) is 4.00. The maximum absolute atomic E-state index is 11.3. The van der Waals surface area contributed by atoms with E-state index < -0.39 is 26.2 Å². The summed E-state index contributed by atoms with van der Waals surface area (Å²) in [5.41, 5.74) is 1.03. The van der Waals surface area contributed by atoms with E-state index in [9.17, 15) is 26.4 Å². The zero-order valence-corrected chi connectivity index (χ0v) is 25.0. The Labute approximate surface area is 232 Å². The van der Waals surface area contributed by atoms with E-state index in [0.29, 0.717) is 34.4 Å². The van der Waals surface area contributed by atoms with Gasteiger partial charge in [0.2, 0.25) is 0 Å². The second-order valence-electron chi connectivity index (χ2n) is 5.66. The van der Waals surface area contributed by atoms with Crippen LogP contribution in [0.1, 0.15) is 13.8 Å². The molecule has 2 unspecified atom stereocenters. The van der Waals surface area contributed by atoms with Crippen molar-refractivity contribution in [2.45, 2.75) is 23.6 Å². The molecule has 2 atom stereocenters. The summed E-state index contributed by atoms with van der Waals surface area (Å²) in [4.78, 5) is 22.7. The van der Waals surface area contributed by atoms with E-state index in [1.165, 1.54) is 66.7 Å². The minimum absolute atomic E-state index is 0. The van der Waals surface area contributed by atoms with Crippen molar-refractivity contribution in [1.82, 2.24) is 0 Å². The van der Waals surface area contributed by atoms with E-state index in [1.807, 2.05) is 0 Å². The molecule has 10 nitrogen and oxygen atoms in total. The molecule has 2 rings (SSSR count). The van der Waals surface area contributed by atoms with Gasteiger partial charge in [0.15, 0.2) is 0 Å². The number of benzene rings is 2. The average molecular weight is 737 g/mol. The topological polar surface area (TPSA) is 154 Å². The van der Waals surface area contributed by atoms with E-state index in [0.717, 1.165) is 0 Å². The number of ether oxygens (including phenoxy) is 2. The van der Waals surface area contributed by atoms with Crippen molar-refractivity contribution in [1.29, 1.82) is 0 Å². The molecule has 0 radical (unpaired) electrons. The smallest absolute Gasteiger partial charge is 0.450 e. The molecule has 176 valence electrons. The Morgan fingerprint density at radius 2 is 1.03 bits per heavy atom. The van der Waals surface area contributed by atoms with Crippen LogP contribution in [-0.4, -0.2) is 65.3 Å². The molecule has 0 heterocycles. The molecule has 0 aromatic heterocycles. The summed E-state index contributed by atoms with van der Waals surface area (Å²) < 4.78 is 50.4. The number of hydrogen-bond donors (Lipinski definition) is 2. The fourth-order valence-electron chi connectivity index (χ4n) is 1.98. The fraction of sp³-hybridized carbons (Fsp3) is 0.222. The van der Waals surface area contributed by atoms with Crippen molar-refractivity contribution in [2.24, 2.45) is 0 Å². The number of carbonyl (C=O) groups excluding carboxylic acids is 2. The Balaban J connectivity index is 0.000000602. The summed E-state index contributed by atoms with van der Waals surface area (Å²) in [5.74, 6) is 0. The van der Waals surface area contributed by atoms with Crippen molar-refractivity contribution in [3.05, 3.63) is 48.5 Å². The number of hydrogen-bond acceptors (Lipinski definition) is 6. The van der Waals surface area contributed by atoms with Crippen LogP contribution >= 0.6 is 42.4 Å². The van der Waals surface area contributed by atoms with Gasteiger partial charge in [0.1, 0.15) is 52.2 Å². The summed E-state index contributed by atoms with van der Waals surface area (Å²) in [6.07, 6.45) is -1.09. The molecule has 0 fully saturated rings. The number of halogens is 2. The maximum atomic E-state index is 11.3. The van der Waals surface area contributed by atoms with Crippen molar-refractivity contribution >= 4 is 103 Å². The maximum Gasteiger partial charge on any atom is 2.00 e. The van der Waals surface area contributed by atoms with Gasteiger partial charge in [-0.1, -0.05) is 0 Å². The van der Waals surface area contributed by atoms with E-state index >= 15 is 0 Å². The zero-order valence-electron chi connectivity index (χ0n) is 17.7. The van der Waals surface area contributed by atoms with Gasteiger partial charge in [-0.15, -0.1) is 0 Å². The third-order valence-corrected chi connectivity index (χ3v) is 8.09. The van der Waals surface area contributed by atoms with Gasteiger partial charge >= 0.3 is 49.3 Å². The van der Waals surface area contributed by atoms with Crippen LogP contribution in [-0.2, 0) is 23.5 Å². The minimum Gasteiger partial charge on any atom is -0.450 e. The van der Waals surface area contributed by atoms with Crippen LogP contribution in [0.4, 0.5) is 21.0 Å². The average Bonchev–Trinajstić information content (AvgIpc) is 2.68. The van der Waals surface area contributed by atoms with Gasteiger partial charge < -0.3 is 9.47 Å². The molecule has 33 heavy (non-hydrogen) atoms. The van der Waals surface area contributed by atoms with Crippen molar-refractivity contribution < 1.29 is 35.9 Å². The predicted octanol–water partition coefficient (Wildman–Crippen LogP) is 4.69. The largest absolute Gasteiger partial charge is 2.00 e. The van der Waals surface area contributed by atoms with Crippen LogP contribution < -0.4 is 10.6 Å². The van der Waals surface area contributed by atoms with Crippen LogP contribution in [0.15, 0.2) is 58.3 Å². The van der Waals surface area contributed by atoms with Gasteiger partial charge in [0.25, 0.3) is 0 Å². The molecule has 15 heteroatoms. The van der Waals surface area contributed by atoms with Crippen molar-refractivity contribution in [2.75, 3.05) is 23.8 Å². The normalized spacial score (nSPS) is 13.5. The van der Waals surface area contributed by atoms with Gasteiger partial charge in [-0.05, 0) is 62.4 Å². The first-order valence-corrected chi connectivity index (χ1v) is 17.0. The number of nitrogens with one attached hydrogen (secondary N) is 2. The van der Waals surface area contributed by atoms with Crippen molar-refractivity contribution in [3.63, 3.8) is 0 Å². The molecule has 0 aliphatic carbocycles. The Morgan fingerprint density at radius 3 is 1.24 bits per heavy atom. The second-order valence-corrected chi connectivity index (χ2v) is 15.6. The molecule has 2 aromatic carbocycles. The first kappa shape index (κ1) is 32.1. The van der Waals surface area contributed by atoms with Crippen LogP contribution in [0.3, 0.4) is 0 Å². The molecule has 0 aliphatic rings. The first-order valence-electron chi connectivity index (χ1n) is 8.87. The number of rotatable bonds is 6. The third-order valence-electron chi connectivity index (χ3n) is 3.33. The number of anilines is 2. The summed E-state index contributed by atoms with van der Waals surface area (Å²) in [6, 6.07) is 12.1. The molecule has 0 bridgehead atoms. The summed E-state index contributed by atoms with van der Waals surface area (Å²) in [7, 11) is -5.96. The molecule has 0 spiro atoms. The van der Waals surface area contributed by atoms with E-state index in [1.54, 1.807) is 38.1 Å². The SMILES string of the molecule is CCOC(=O)Nc1ccc(S(=O)(=[OH+])I)cc1.CCOC(=O)Nc1ccc(S(=O)(=[OH+])I)cc1.[Mg+2]. The Bertz CT molecular complexity index is 1040. The predicted molar refractivity (Wildman–Crippen MR) is 145 cm³/mol. The second kappa shape index (κ2) is 15.2. The molecule has 0 aliphatic heterocycles. The Hall–Kier alpha value is -0.894. The first-order chi connectivity index (χ1) is 14.9. The molecular weight excluding hydrogens is 714 g/mol. The summed E-state index contributed by atoms with van der Waals surface area (Å²) >= 11 is 2.93. The van der Waals surface area contributed by atoms with Gasteiger partial charge in [0.05, 0.1) is 13.2 Å². The van der Waals surface area contributed by atoms with E-state index in [2.05, 4.69) is 20.1 Å². The van der Waals surface area contributed by atoms with Gasteiger partial charge in [-0.2, -0.15) is 8.42 Å². The van der Waals surface area contributed by atoms with E-state index in [4.69, 9.17) is 0 Å². The molecule has 2 amide bonds. The van der Waals surface area contributed by atoms with Crippen molar-refractivity contribution in [3.8, 4) is 0 Å². The van der Waals surface area contributed by atoms with Gasteiger partial charge in [0, 0.05) is 11.4 Å². The number of carbonyl (C=O) groups is 2. The Kier molecular flexibility index (Phi) is 14.8. The molecule has 0 saturated carbocycles. The quantitative estimate of drug-likeness (QED) is 0.190. The van der Waals surface area contributed by atoms with Crippen LogP contribution in [0.5, 0.6) is 0 Å².